The van der Waals surface area contributed by atoms with Crippen LogP contribution in [0.25, 0.3) is 0 Å². The zero-order chi connectivity index (χ0) is 55.0. The van der Waals surface area contributed by atoms with Gasteiger partial charge in [0.1, 0.15) is 17.2 Å². The molecule has 2 aromatic heterocycles. The molecule has 0 bridgehead atoms. The summed E-state index contributed by atoms with van der Waals surface area (Å²) in [5.41, 5.74) is 5.39. The van der Waals surface area contributed by atoms with Crippen LogP contribution in [0.15, 0.2) is 0 Å². The first-order valence-corrected chi connectivity index (χ1v) is 27.4. The van der Waals surface area contributed by atoms with Gasteiger partial charge < -0.3 is 43.0 Å². The molecule has 0 aromatic carbocycles. The maximum Gasteiger partial charge on any atom is 0.446 e. The third kappa shape index (κ3) is 20.7. The summed E-state index contributed by atoms with van der Waals surface area (Å²) in [7, 11) is 8.15. The summed E-state index contributed by atoms with van der Waals surface area (Å²) in [6, 6.07) is 0. The van der Waals surface area contributed by atoms with Crippen LogP contribution in [0.1, 0.15) is 174 Å². The van der Waals surface area contributed by atoms with Crippen molar-refractivity contribution in [3.8, 4) is 0 Å². The van der Waals surface area contributed by atoms with Crippen LogP contribution in [0.4, 0.5) is 18.0 Å². The van der Waals surface area contributed by atoms with Crippen LogP contribution in [0, 0.1) is 10.8 Å². The van der Waals surface area contributed by atoms with Gasteiger partial charge in [-0.25, -0.2) is 14.8 Å². The molecule has 4 heterocycles. The number of nitrogens with zero attached hydrogens (tertiary/aromatic N) is 7. The number of nitrogens with one attached hydrogen (secondary N) is 1. The van der Waals surface area contributed by atoms with E-state index < -0.39 is 18.1 Å². The largest absolute Gasteiger partial charge is 0.446 e. The highest BCUT2D eigenvalue weighted by Gasteiger charge is 2.41. The summed E-state index contributed by atoms with van der Waals surface area (Å²) in [4.78, 5) is 37.6. The van der Waals surface area contributed by atoms with E-state index in [2.05, 4.69) is 66.0 Å². The first-order chi connectivity index (χ1) is 35.2. The minimum Gasteiger partial charge on any atom is -0.444 e. The van der Waals surface area contributed by atoms with Crippen molar-refractivity contribution in [3.05, 3.63) is 34.4 Å². The van der Waals surface area contributed by atoms with E-state index in [1.54, 1.807) is 18.9 Å². The van der Waals surface area contributed by atoms with E-state index in [9.17, 15) is 18.0 Å². The molecule has 0 radical (unpaired) electrons. The Morgan fingerprint density at radius 2 is 1.10 bits per heavy atom. The number of hydrogen-bond acceptors (Lipinski definition) is 12. The van der Waals surface area contributed by atoms with Crippen molar-refractivity contribution in [2.24, 2.45) is 10.8 Å². The summed E-state index contributed by atoms with van der Waals surface area (Å²) in [6.07, 6.45) is 8.07. The number of aryl methyl sites for hydroxylation is 2. The fourth-order valence-electron chi connectivity index (χ4n) is 10.6. The number of halogens is 3. The van der Waals surface area contributed by atoms with E-state index in [0.29, 0.717) is 25.3 Å². The van der Waals surface area contributed by atoms with E-state index in [4.69, 9.17) is 39.8 Å². The van der Waals surface area contributed by atoms with Gasteiger partial charge >= 0.3 is 12.3 Å². The molecule has 0 saturated heterocycles. The summed E-state index contributed by atoms with van der Waals surface area (Å²) in [5.74, 6) is 3.73. The molecule has 2 fully saturated rings. The first kappa shape index (κ1) is 62.4. The van der Waals surface area contributed by atoms with Crippen molar-refractivity contribution in [2.45, 2.75) is 189 Å². The number of amides is 1. The number of ether oxygens (including phenoxy) is 5. The third-order valence-corrected chi connectivity index (χ3v) is 14.4. The number of carbonyl (C=O) groups excluding carboxylic acids is 2. The number of alkyl halides is 3. The lowest BCUT2D eigenvalue weighted by atomic mass is 9.70. The number of likely N-dealkylation sites (N-methyl/N-ethyl adjacent to an activating group) is 4. The maximum absolute atomic E-state index is 12.3. The summed E-state index contributed by atoms with van der Waals surface area (Å²) < 4.78 is 71.6. The molecule has 2 aromatic rings. The smallest absolute Gasteiger partial charge is 0.444 e. The lowest BCUT2D eigenvalue weighted by molar-refractivity contribution is -0.156. The lowest BCUT2D eigenvalue weighted by Crippen LogP contribution is -2.38. The van der Waals surface area contributed by atoms with Crippen LogP contribution in [0.3, 0.4) is 0 Å². The van der Waals surface area contributed by atoms with E-state index >= 15 is 0 Å². The fraction of sp³-hybridized carbons (Fsp3) is 0.855. The van der Waals surface area contributed by atoms with Gasteiger partial charge in [-0.15, -0.1) is 0 Å². The fourth-order valence-corrected chi connectivity index (χ4v) is 10.6. The van der Waals surface area contributed by atoms with Gasteiger partial charge in [0.25, 0.3) is 0 Å². The van der Waals surface area contributed by atoms with Gasteiger partial charge in [-0.05, 0) is 134 Å². The van der Waals surface area contributed by atoms with Crippen LogP contribution < -0.4 is 5.32 Å². The second kappa shape index (κ2) is 31.8. The molecule has 0 spiro atoms. The van der Waals surface area contributed by atoms with E-state index in [1.165, 1.54) is 72.9 Å². The van der Waals surface area contributed by atoms with E-state index in [0.717, 1.165) is 137 Å². The van der Waals surface area contributed by atoms with Crippen LogP contribution in [0.2, 0.25) is 0 Å². The quantitative estimate of drug-likeness (QED) is 0.100. The van der Waals surface area contributed by atoms with Crippen molar-refractivity contribution in [1.29, 1.82) is 0 Å². The number of aldehydes is 1. The molecule has 73 heavy (non-hydrogen) atoms. The summed E-state index contributed by atoms with van der Waals surface area (Å²) in [6.45, 7) is 30.1. The molecule has 18 heteroatoms. The molecule has 6 rings (SSSR count). The SMILES string of the molecule is CCOCC1(COCC)CCC(c2c(CN(C)CCN(C)C(=O)OC(C)(C)C)nc3n2CCC3)CC1.CCOCC1(COCC)CCC(c2c(CN(C)CCNC)nc3n2CCC3)CC1.O=CC(F)(F)F.[2H]CC. The van der Waals surface area contributed by atoms with Crippen molar-refractivity contribution in [1.82, 2.24) is 39.1 Å². The zero-order valence-corrected chi connectivity index (χ0v) is 47.4. The molecule has 422 valence electrons. The van der Waals surface area contributed by atoms with Crippen molar-refractivity contribution < 1.29 is 47.8 Å². The van der Waals surface area contributed by atoms with E-state index in [1.807, 2.05) is 27.8 Å². The van der Waals surface area contributed by atoms with Crippen LogP contribution in [0.5, 0.6) is 0 Å². The Balaban J connectivity index is 0.000000340. The Labute approximate surface area is 439 Å². The number of fused-ring (bicyclic) bond motifs is 2. The van der Waals surface area contributed by atoms with Crippen LogP contribution >= 0.6 is 0 Å². The highest BCUT2D eigenvalue weighted by Crippen LogP contribution is 2.47. The molecule has 2 aliphatic carbocycles. The highest BCUT2D eigenvalue weighted by atomic mass is 19.4. The predicted octanol–water partition coefficient (Wildman–Crippen LogP) is 9.82. The Morgan fingerprint density at radius 3 is 1.42 bits per heavy atom. The van der Waals surface area contributed by atoms with Gasteiger partial charge in [-0.3, -0.25) is 14.6 Å². The minimum atomic E-state index is -4.64. The van der Waals surface area contributed by atoms with Crippen LogP contribution in [-0.2, 0) is 67.5 Å². The number of aromatic nitrogens is 4. The van der Waals surface area contributed by atoms with Crippen molar-refractivity contribution >= 4 is 12.4 Å². The van der Waals surface area contributed by atoms with Gasteiger partial charge in [-0.1, -0.05) is 13.8 Å². The second-order valence-corrected chi connectivity index (χ2v) is 21.5. The number of imidazole rings is 2. The Morgan fingerprint density at radius 1 is 0.726 bits per heavy atom. The molecule has 2 aliphatic heterocycles. The summed E-state index contributed by atoms with van der Waals surface area (Å²) in [5, 5.41) is 3.25. The van der Waals surface area contributed by atoms with Crippen LogP contribution in [-0.4, -0.2) is 165 Å². The molecule has 1 amide bonds. The van der Waals surface area contributed by atoms with Crippen molar-refractivity contribution in [2.75, 3.05) is 107 Å². The molecule has 0 unspecified atom stereocenters. The molecule has 0 atom stereocenters. The number of hydrogen-bond donors (Lipinski definition) is 1. The molecule has 4 aliphatic rings. The Kier molecular flexibility index (Phi) is 27.2. The highest BCUT2D eigenvalue weighted by molar-refractivity contribution is 5.67. The average Bonchev–Trinajstić information content (AvgIpc) is 4.16. The number of carbonyl (C=O) groups is 2. The first-order valence-electron chi connectivity index (χ1n) is 28.1. The Bertz CT molecular complexity index is 1870. The number of rotatable bonds is 24. The van der Waals surface area contributed by atoms with Crippen molar-refractivity contribution in [3.63, 3.8) is 0 Å². The normalized spacial score (nSPS) is 17.7. The van der Waals surface area contributed by atoms with Gasteiger partial charge in [0, 0.05) is 134 Å². The topological polar surface area (TPSA) is 138 Å². The average molecular weight is 1040 g/mol. The monoisotopic (exact) mass is 1040 g/mol. The lowest BCUT2D eigenvalue weighted by Gasteiger charge is -2.40. The standard InChI is InChI=1S/C28H50N4O4.C23H42N4O2.C2HF3O.C2H6/c1-8-34-20-28(21-35-9-2)14-12-22(13-15-28)25-23(29-24-11-10-16-32(24)25)19-30(6)17-18-31(7)26(33)36-27(3,4)5;1-5-28-17-23(18-29-6-2)11-9-19(10-12-23)22-20(16-26(4)15-13-24-3)25-21-8-7-14-27(21)22;3-2(4,5)1-6;1-2/h22H,8-21H2,1-7H3;19,24H,5-18H2,1-4H3;1H;1-2H3/i;;;1D. The second-order valence-electron chi connectivity index (χ2n) is 21.5. The molecular weight excluding hydrogens is 942 g/mol. The Hall–Kier alpha value is -3.13. The maximum atomic E-state index is 12.3. The third-order valence-electron chi connectivity index (χ3n) is 14.4. The summed E-state index contributed by atoms with van der Waals surface area (Å²) >= 11 is 0. The molecule has 2 saturated carbocycles. The molecule has 15 nitrogen and oxygen atoms in total. The predicted molar refractivity (Wildman–Crippen MR) is 283 cm³/mol. The van der Waals surface area contributed by atoms with Gasteiger partial charge in [0.2, 0.25) is 6.29 Å². The van der Waals surface area contributed by atoms with Gasteiger partial charge in [0.05, 0.1) is 37.8 Å². The van der Waals surface area contributed by atoms with E-state index in [-0.39, 0.29) is 16.9 Å². The van der Waals surface area contributed by atoms with Gasteiger partial charge in [0.15, 0.2) is 0 Å². The minimum absolute atomic E-state index is 0.138. The van der Waals surface area contributed by atoms with Gasteiger partial charge in [-0.2, -0.15) is 13.2 Å². The zero-order valence-electron chi connectivity index (χ0n) is 48.4. The molecular formula is C55H99F3N8O7. The molecule has 1 N–H and O–H groups in total.